The van der Waals surface area contributed by atoms with Gasteiger partial charge in [-0.1, -0.05) is 0 Å². The Bertz CT molecular complexity index is 573. The summed E-state index contributed by atoms with van der Waals surface area (Å²) in [6.07, 6.45) is -0.653. The lowest BCUT2D eigenvalue weighted by atomic mass is 10.2. The molecule has 0 bridgehead atoms. The van der Waals surface area contributed by atoms with E-state index < -0.39 is 23.3 Å². The second-order valence-corrected chi connectivity index (χ2v) is 4.15. The summed E-state index contributed by atoms with van der Waals surface area (Å²) in [5, 5.41) is 10.6. The third-order valence-electron chi connectivity index (χ3n) is 2.69. The zero-order valence-electron chi connectivity index (χ0n) is 10.7. The molecule has 0 N–H and O–H groups in total. The molecule has 0 saturated carbocycles. The highest BCUT2D eigenvalue weighted by atomic mass is 16.7. The quantitative estimate of drug-likeness (QED) is 0.202. The third kappa shape index (κ3) is 3.93. The predicted octanol–water partition coefficient (Wildman–Crippen LogP) is 0.853. The lowest BCUT2D eigenvalue weighted by molar-refractivity contribution is -0.384. The van der Waals surface area contributed by atoms with Crippen LogP contribution < -0.4 is 0 Å². The molecule has 0 radical (unpaired) electrons. The molecule has 110 valence electrons. The van der Waals surface area contributed by atoms with Crippen LogP contribution in [0.3, 0.4) is 0 Å². The Labute approximate surface area is 118 Å². The molecule has 1 aromatic rings. The average molecular weight is 293 g/mol. The second kappa shape index (κ2) is 6.71. The lowest BCUT2D eigenvalue weighted by Crippen LogP contribution is -2.35. The molecule has 21 heavy (non-hydrogen) atoms. The van der Waals surface area contributed by atoms with Crippen molar-refractivity contribution in [3.63, 3.8) is 0 Å². The van der Waals surface area contributed by atoms with Gasteiger partial charge in [0.1, 0.15) is 6.10 Å². The van der Waals surface area contributed by atoms with Crippen LogP contribution in [0.2, 0.25) is 0 Å². The maximum Gasteiger partial charge on any atom is 0.414 e. The second-order valence-electron chi connectivity index (χ2n) is 4.15. The van der Waals surface area contributed by atoms with Crippen LogP contribution in [0.25, 0.3) is 5.53 Å². The number of nitro groups is 1. The van der Waals surface area contributed by atoms with E-state index in [1.54, 1.807) is 0 Å². The van der Waals surface area contributed by atoms with Crippen LogP contribution in [0, 0.1) is 10.1 Å². The minimum Gasteiger partial charge on any atom is -0.449 e. The molecule has 1 aliphatic rings. The average Bonchev–Trinajstić information content (AvgIpc) is 2.48. The zero-order valence-corrected chi connectivity index (χ0v) is 10.7. The van der Waals surface area contributed by atoms with E-state index in [0.717, 1.165) is 0 Å². The summed E-state index contributed by atoms with van der Waals surface area (Å²) in [6.45, 7) is 0.208. The lowest BCUT2D eigenvalue weighted by Gasteiger charge is -2.28. The molecule has 0 aliphatic carbocycles. The van der Waals surface area contributed by atoms with Gasteiger partial charge in [0.05, 0.1) is 18.1 Å². The molecule has 0 amide bonds. The summed E-state index contributed by atoms with van der Waals surface area (Å²) in [7, 11) is 0. The van der Waals surface area contributed by atoms with Gasteiger partial charge in [0.2, 0.25) is 0 Å². The van der Waals surface area contributed by atoms with Crippen LogP contribution in [0.4, 0.5) is 5.69 Å². The first-order valence-electron chi connectivity index (χ1n) is 5.95. The van der Waals surface area contributed by atoms with Crippen molar-refractivity contribution in [1.29, 1.82) is 0 Å². The molecule has 2 rings (SSSR count). The van der Waals surface area contributed by atoms with Crippen molar-refractivity contribution in [3.05, 3.63) is 45.5 Å². The molecule has 0 unspecified atom stereocenters. The van der Waals surface area contributed by atoms with E-state index in [0.29, 0.717) is 11.8 Å². The highest BCUT2D eigenvalue weighted by Gasteiger charge is 2.26. The van der Waals surface area contributed by atoms with Gasteiger partial charge in [-0.15, -0.1) is 0 Å². The molecule has 9 nitrogen and oxygen atoms in total. The van der Waals surface area contributed by atoms with E-state index in [1.807, 2.05) is 0 Å². The monoisotopic (exact) mass is 293 g/mol. The van der Waals surface area contributed by atoms with E-state index in [4.69, 9.17) is 19.7 Å². The zero-order chi connectivity index (χ0) is 15.2. The number of hydrogen-bond acceptors (Lipinski definition) is 6. The molecule has 1 aromatic carbocycles. The number of rotatable bonds is 4. The number of hydrogen-bond donors (Lipinski definition) is 0. The first-order chi connectivity index (χ1) is 10.1. The Morgan fingerprint density at radius 2 is 2.00 bits per heavy atom. The van der Waals surface area contributed by atoms with Crippen LogP contribution in [0.5, 0.6) is 0 Å². The molecule has 1 heterocycles. The molecule has 1 saturated heterocycles. The van der Waals surface area contributed by atoms with Crippen molar-refractivity contribution in [2.75, 3.05) is 13.2 Å². The number of carbonyl (C=O) groups is 1. The van der Waals surface area contributed by atoms with Crippen molar-refractivity contribution in [3.8, 4) is 0 Å². The van der Waals surface area contributed by atoms with Crippen LogP contribution in [0.1, 0.15) is 11.9 Å². The SMILES string of the molecule is [N-]=[N+]=CC(=O)OC1COC(c2ccc([N+](=O)[O-])cc2)OC1. The molecule has 0 atom stereocenters. The maximum absolute atomic E-state index is 11.1. The summed E-state index contributed by atoms with van der Waals surface area (Å²) >= 11 is 0. The molecule has 0 spiro atoms. The van der Waals surface area contributed by atoms with Crippen LogP contribution in [0.15, 0.2) is 24.3 Å². The van der Waals surface area contributed by atoms with Gasteiger partial charge >= 0.3 is 12.2 Å². The fraction of sp³-hybridized carbons (Fsp3) is 0.333. The number of nitrogens with zero attached hydrogens (tertiary/aromatic N) is 3. The Morgan fingerprint density at radius 3 is 2.52 bits per heavy atom. The predicted molar refractivity (Wildman–Crippen MR) is 67.3 cm³/mol. The molecular formula is C12H11N3O6. The number of ether oxygens (including phenoxy) is 3. The van der Waals surface area contributed by atoms with Crippen LogP contribution in [-0.2, 0) is 19.0 Å². The summed E-state index contributed by atoms with van der Waals surface area (Å²) in [6, 6.07) is 5.78. The molecular weight excluding hydrogens is 282 g/mol. The van der Waals surface area contributed by atoms with E-state index >= 15 is 0 Å². The van der Waals surface area contributed by atoms with E-state index in [1.165, 1.54) is 24.3 Å². The van der Waals surface area contributed by atoms with Crippen LogP contribution >= 0.6 is 0 Å². The molecule has 9 heteroatoms. The first kappa shape index (κ1) is 14.8. The fourth-order valence-electron chi connectivity index (χ4n) is 1.74. The Morgan fingerprint density at radius 1 is 1.38 bits per heavy atom. The highest BCUT2D eigenvalue weighted by Crippen LogP contribution is 2.25. The van der Waals surface area contributed by atoms with Gasteiger partial charge in [-0.05, 0) is 12.1 Å². The molecule has 1 fully saturated rings. The third-order valence-corrected chi connectivity index (χ3v) is 2.69. The summed E-state index contributed by atoms with van der Waals surface area (Å²) < 4.78 is 15.6. The Balaban J connectivity index is 1.90. The van der Waals surface area contributed by atoms with Gasteiger partial charge < -0.3 is 19.7 Å². The van der Waals surface area contributed by atoms with Gasteiger partial charge in [-0.25, -0.2) is 4.79 Å². The van der Waals surface area contributed by atoms with Crippen LogP contribution in [-0.4, -0.2) is 41.2 Å². The van der Waals surface area contributed by atoms with Gasteiger partial charge in [0.15, 0.2) is 6.29 Å². The Hall–Kier alpha value is -2.61. The van der Waals surface area contributed by atoms with Crippen molar-refractivity contribution in [2.24, 2.45) is 0 Å². The smallest absolute Gasteiger partial charge is 0.414 e. The van der Waals surface area contributed by atoms with Gasteiger partial charge in [0.25, 0.3) is 5.69 Å². The standard InChI is InChI=1S/C12H11N3O6/c13-14-5-11(16)21-10-6-19-12(20-7-10)8-1-3-9(4-2-8)15(17)18/h1-5,10,12H,6-7H2. The fourth-order valence-corrected chi connectivity index (χ4v) is 1.74. The van der Waals surface area contributed by atoms with E-state index in [2.05, 4.69) is 4.79 Å². The van der Waals surface area contributed by atoms with Gasteiger partial charge in [0, 0.05) is 17.7 Å². The summed E-state index contributed by atoms with van der Waals surface area (Å²) in [5.41, 5.74) is 8.78. The molecule has 0 aromatic heterocycles. The maximum atomic E-state index is 11.1. The van der Waals surface area contributed by atoms with Gasteiger partial charge in [-0.3, -0.25) is 10.1 Å². The minimum absolute atomic E-state index is 0.0235. The Kier molecular flexibility index (Phi) is 4.72. The number of benzene rings is 1. The first-order valence-corrected chi connectivity index (χ1v) is 5.95. The summed E-state index contributed by atoms with van der Waals surface area (Å²) in [5.74, 6) is -0.802. The normalized spacial score (nSPS) is 21.1. The van der Waals surface area contributed by atoms with Crippen molar-refractivity contribution in [1.82, 2.24) is 0 Å². The highest BCUT2D eigenvalue weighted by molar-refractivity contribution is 6.20. The number of esters is 1. The van der Waals surface area contributed by atoms with E-state index in [9.17, 15) is 14.9 Å². The number of nitro benzene ring substituents is 1. The summed E-state index contributed by atoms with van der Waals surface area (Å²) in [4.78, 5) is 23.7. The van der Waals surface area contributed by atoms with Crippen molar-refractivity contribution < 1.29 is 28.7 Å². The minimum atomic E-state index is -0.802. The molecule has 1 aliphatic heterocycles. The van der Waals surface area contributed by atoms with E-state index in [-0.39, 0.29) is 18.9 Å². The topological polar surface area (TPSA) is 124 Å². The largest absolute Gasteiger partial charge is 0.449 e. The number of non-ortho nitro benzene ring substituents is 1. The van der Waals surface area contributed by atoms with Gasteiger partial charge in [-0.2, -0.15) is 4.79 Å². The number of carbonyl (C=O) groups excluding carboxylic acids is 1. The van der Waals surface area contributed by atoms with Crippen molar-refractivity contribution >= 4 is 17.9 Å². The van der Waals surface area contributed by atoms with Crippen molar-refractivity contribution in [2.45, 2.75) is 12.4 Å².